The first-order valence-electron chi connectivity index (χ1n) is 9.86. The minimum atomic E-state index is -0.163. The van der Waals surface area contributed by atoms with Crippen LogP contribution < -0.4 is 4.74 Å². The number of aromatic nitrogens is 2. The molecule has 0 bridgehead atoms. The average molecular weight is 381 g/mol. The van der Waals surface area contributed by atoms with Gasteiger partial charge in [-0.15, -0.1) is 0 Å². The van der Waals surface area contributed by atoms with Crippen molar-refractivity contribution in [2.24, 2.45) is 5.92 Å². The highest BCUT2D eigenvalue weighted by atomic mass is 16.5. The van der Waals surface area contributed by atoms with E-state index >= 15 is 0 Å². The van der Waals surface area contributed by atoms with Crippen LogP contribution in [0.3, 0.4) is 0 Å². The van der Waals surface area contributed by atoms with Gasteiger partial charge in [-0.1, -0.05) is 12.1 Å². The summed E-state index contributed by atoms with van der Waals surface area (Å²) < 4.78 is 5.70. The summed E-state index contributed by atoms with van der Waals surface area (Å²) >= 11 is 0. The van der Waals surface area contributed by atoms with Gasteiger partial charge in [0.15, 0.2) is 5.78 Å². The van der Waals surface area contributed by atoms with E-state index in [1.165, 1.54) is 0 Å². The van der Waals surface area contributed by atoms with Crippen LogP contribution >= 0.6 is 0 Å². The van der Waals surface area contributed by atoms with Crippen LogP contribution in [-0.4, -0.2) is 45.8 Å². The smallest absolute Gasteiger partial charge is 0.222 e. The molecule has 0 aliphatic carbocycles. The first kappa shape index (κ1) is 20.0. The van der Waals surface area contributed by atoms with Crippen molar-refractivity contribution in [3.63, 3.8) is 0 Å². The number of nitrogens with zero attached hydrogens (tertiary/aromatic N) is 3. The van der Waals surface area contributed by atoms with E-state index in [-0.39, 0.29) is 23.7 Å². The molecule has 1 amide bonds. The van der Waals surface area contributed by atoms with E-state index in [1.807, 2.05) is 36.9 Å². The normalized spacial score (nSPS) is 16.8. The highest BCUT2D eigenvalue weighted by Gasteiger charge is 2.29. The van der Waals surface area contributed by atoms with Crippen molar-refractivity contribution in [2.45, 2.75) is 45.6 Å². The number of piperidine rings is 1. The molecule has 0 saturated carbocycles. The molecule has 1 aromatic heterocycles. The van der Waals surface area contributed by atoms with Crippen LogP contribution in [0.25, 0.3) is 0 Å². The first-order valence-corrected chi connectivity index (χ1v) is 9.86. The van der Waals surface area contributed by atoms with Crippen molar-refractivity contribution in [1.29, 1.82) is 0 Å². The monoisotopic (exact) mass is 381 g/mol. The lowest BCUT2D eigenvalue weighted by molar-refractivity contribution is -0.132. The van der Waals surface area contributed by atoms with Gasteiger partial charge in [-0.3, -0.25) is 19.6 Å². The molecule has 2 heterocycles. The van der Waals surface area contributed by atoms with E-state index in [1.54, 1.807) is 24.7 Å². The van der Waals surface area contributed by atoms with Gasteiger partial charge in [-0.05, 0) is 45.2 Å². The summed E-state index contributed by atoms with van der Waals surface area (Å²) in [5, 5.41) is 0. The number of ether oxygens (including phenoxy) is 1. The molecule has 0 radical (unpaired) electrons. The van der Waals surface area contributed by atoms with E-state index in [0.717, 1.165) is 18.5 Å². The van der Waals surface area contributed by atoms with Crippen molar-refractivity contribution >= 4 is 11.7 Å². The average Bonchev–Trinajstić information content (AvgIpc) is 2.72. The number of rotatable bonds is 7. The molecule has 28 heavy (non-hydrogen) atoms. The fourth-order valence-corrected chi connectivity index (χ4v) is 3.50. The molecule has 0 spiro atoms. The fourth-order valence-electron chi connectivity index (χ4n) is 3.50. The Hall–Kier alpha value is -2.76. The van der Waals surface area contributed by atoms with Gasteiger partial charge in [0.05, 0.1) is 11.8 Å². The maximum absolute atomic E-state index is 13.0. The molecule has 1 unspecified atom stereocenters. The quantitative estimate of drug-likeness (QED) is 0.688. The molecule has 1 aliphatic rings. The third-order valence-electron chi connectivity index (χ3n) is 4.85. The SMILES string of the molecule is CC(C)Oc1cccc(C(=O)C2CCCN(C(=O)CCc3cnccn3)C2)c1. The van der Waals surface area contributed by atoms with E-state index in [2.05, 4.69) is 9.97 Å². The second kappa shape index (κ2) is 9.44. The molecule has 2 aromatic rings. The lowest BCUT2D eigenvalue weighted by Gasteiger charge is -2.32. The molecular weight excluding hydrogens is 354 g/mol. The molecule has 6 nitrogen and oxygen atoms in total. The number of likely N-dealkylation sites (tertiary alicyclic amines) is 1. The lowest BCUT2D eigenvalue weighted by atomic mass is 9.89. The summed E-state index contributed by atoms with van der Waals surface area (Å²) in [6.45, 7) is 5.10. The molecule has 1 fully saturated rings. The lowest BCUT2D eigenvalue weighted by Crippen LogP contribution is -2.42. The van der Waals surface area contributed by atoms with Gasteiger partial charge in [-0.2, -0.15) is 0 Å². The summed E-state index contributed by atoms with van der Waals surface area (Å²) in [7, 11) is 0. The van der Waals surface area contributed by atoms with Crippen molar-refractivity contribution in [1.82, 2.24) is 14.9 Å². The minimum absolute atomic E-state index is 0.0578. The van der Waals surface area contributed by atoms with Crippen molar-refractivity contribution < 1.29 is 14.3 Å². The predicted molar refractivity (Wildman–Crippen MR) is 106 cm³/mol. The molecular formula is C22H27N3O3. The van der Waals surface area contributed by atoms with Crippen LogP contribution in [0.1, 0.15) is 49.2 Å². The van der Waals surface area contributed by atoms with Gasteiger partial charge in [0.25, 0.3) is 0 Å². The number of benzene rings is 1. The third-order valence-corrected chi connectivity index (χ3v) is 4.85. The molecule has 1 atom stereocenters. The van der Waals surface area contributed by atoms with Crippen molar-refractivity contribution in [3.8, 4) is 5.75 Å². The van der Waals surface area contributed by atoms with E-state index < -0.39 is 0 Å². The van der Waals surface area contributed by atoms with Gasteiger partial charge in [0.2, 0.25) is 5.91 Å². The Morgan fingerprint density at radius 1 is 1.29 bits per heavy atom. The van der Waals surface area contributed by atoms with Gasteiger partial charge in [-0.25, -0.2) is 0 Å². The van der Waals surface area contributed by atoms with E-state index in [9.17, 15) is 9.59 Å². The van der Waals surface area contributed by atoms with Crippen LogP contribution in [0.15, 0.2) is 42.9 Å². The Bertz CT molecular complexity index is 808. The number of amides is 1. The number of hydrogen-bond donors (Lipinski definition) is 0. The third kappa shape index (κ3) is 5.38. The van der Waals surface area contributed by atoms with Gasteiger partial charge >= 0.3 is 0 Å². The van der Waals surface area contributed by atoms with Crippen molar-refractivity contribution in [2.75, 3.05) is 13.1 Å². The maximum Gasteiger partial charge on any atom is 0.222 e. The largest absolute Gasteiger partial charge is 0.491 e. The van der Waals surface area contributed by atoms with Crippen LogP contribution in [0.2, 0.25) is 0 Å². The summed E-state index contributed by atoms with van der Waals surface area (Å²) in [6, 6.07) is 7.33. The Morgan fingerprint density at radius 2 is 2.14 bits per heavy atom. The summed E-state index contributed by atoms with van der Waals surface area (Å²) in [4.78, 5) is 35.6. The zero-order valence-corrected chi connectivity index (χ0v) is 16.5. The zero-order chi connectivity index (χ0) is 19.9. The molecule has 1 aromatic carbocycles. The van der Waals surface area contributed by atoms with Crippen LogP contribution in [0.5, 0.6) is 5.75 Å². The van der Waals surface area contributed by atoms with Gasteiger partial charge < -0.3 is 9.64 Å². The number of carbonyl (C=O) groups is 2. The Kier molecular flexibility index (Phi) is 6.74. The minimum Gasteiger partial charge on any atom is -0.491 e. The second-order valence-electron chi connectivity index (χ2n) is 7.43. The molecule has 3 rings (SSSR count). The number of carbonyl (C=O) groups excluding carboxylic acids is 2. The molecule has 1 saturated heterocycles. The highest BCUT2D eigenvalue weighted by Crippen LogP contribution is 2.24. The molecule has 6 heteroatoms. The Balaban J connectivity index is 1.59. The zero-order valence-electron chi connectivity index (χ0n) is 16.5. The number of aryl methyl sites for hydroxylation is 1. The van der Waals surface area contributed by atoms with E-state index in [0.29, 0.717) is 37.2 Å². The van der Waals surface area contributed by atoms with Crippen LogP contribution in [0.4, 0.5) is 0 Å². The second-order valence-corrected chi connectivity index (χ2v) is 7.43. The molecule has 148 valence electrons. The maximum atomic E-state index is 13.0. The van der Waals surface area contributed by atoms with Crippen molar-refractivity contribution in [3.05, 3.63) is 54.1 Å². The van der Waals surface area contributed by atoms with Crippen LogP contribution in [0, 0.1) is 5.92 Å². The number of hydrogen-bond acceptors (Lipinski definition) is 5. The molecule has 0 N–H and O–H groups in total. The standard InChI is InChI=1S/C22H27N3O3/c1-16(2)28-20-7-3-5-17(13-20)22(27)18-6-4-12-25(15-18)21(26)9-8-19-14-23-10-11-24-19/h3,5,7,10-11,13-14,16,18H,4,6,8-9,12,15H2,1-2H3. The number of ketones is 1. The van der Waals surface area contributed by atoms with E-state index in [4.69, 9.17) is 4.74 Å². The number of Topliss-reactive ketones (excluding diaryl/α,β-unsaturated/α-hetero) is 1. The Labute approximate surface area is 165 Å². The summed E-state index contributed by atoms with van der Waals surface area (Å²) in [5.41, 5.74) is 1.46. The first-order chi connectivity index (χ1) is 13.5. The highest BCUT2D eigenvalue weighted by molar-refractivity contribution is 5.98. The summed E-state index contributed by atoms with van der Waals surface area (Å²) in [5.74, 6) is 0.692. The topological polar surface area (TPSA) is 72.4 Å². The van der Waals surface area contributed by atoms with Crippen LogP contribution in [-0.2, 0) is 11.2 Å². The molecule has 1 aliphatic heterocycles. The predicted octanol–water partition coefficient (Wildman–Crippen LogP) is 3.32. The van der Waals surface area contributed by atoms with Gasteiger partial charge in [0, 0.05) is 49.6 Å². The Morgan fingerprint density at radius 3 is 2.89 bits per heavy atom. The summed E-state index contributed by atoms with van der Waals surface area (Å²) in [6.07, 6.45) is 7.59. The fraction of sp³-hybridized carbons (Fsp3) is 0.455. The van der Waals surface area contributed by atoms with Gasteiger partial charge in [0.1, 0.15) is 5.75 Å².